The largest absolute Gasteiger partial charge is 0.491 e. The Balaban J connectivity index is 3.18. The molecule has 0 fully saturated rings. The summed E-state index contributed by atoms with van der Waals surface area (Å²) in [5.41, 5.74) is 0.886. The zero-order chi connectivity index (χ0) is 13.0. The lowest BCUT2D eigenvalue weighted by Gasteiger charge is -2.12. The van der Waals surface area contributed by atoms with E-state index in [-0.39, 0.29) is 17.7 Å². The molecule has 1 rings (SSSR count). The Bertz CT molecular complexity index is 427. The molecular weight excluding hydrogens is 218 g/mol. The molecule has 17 heavy (non-hydrogen) atoms. The molecule has 0 N–H and O–H groups in total. The van der Waals surface area contributed by atoms with Crippen LogP contribution < -0.4 is 4.74 Å². The van der Waals surface area contributed by atoms with E-state index in [9.17, 15) is 10.1 Å². The zero-order valence-corrected chi connectivity index (χ0v) is 10.3. The number of benzene rings is 1. The molecule has 0 aliphatic rings. The Labute approximate surface area is 101 Å². The second-order valence-corrected chi connectivity index (χ2v) is 4.21. The highest BCUT2D eigenvalue weighted by atomic mass is 16.6. The van der Waals surface area contributed by atoms with Crippen molar-refractivity contribution in [3.63, 3.8) is 0 Å². The monoisotopic (exact) mass is 235 g/mol. The first-order chi connectivity index (χ1) is 7.93. The number of nitrogens with zero attached hydrogens (tertiary/aromatic N) is 1. The normalized spacial score (nSPS) is 12.2. The number of nitro benzene ring substituents is 1. The van der Waals surface area contributed by atoms with Crippen LogP contribution >= 0.6 is 0 Å². The molecule has 0 saturated carbocycles. The molecule has 0 aliphatic carbocycles. The van der Waals surface area contributed by atoms with Gasteiger partial charge in [0.1, 0.15) is 5.75 Å². The highest BCUT2D eigenvalue weighted by Gasteiger charge is 2.13. The van der Waals surface area contributed by atoms with Gasteiger partial charge in [0, 0.05) is 6.07 Å². The Morgan fingerprint density at radius 3 is 2.47 bits per heavy atom. The number of ether oxygens (including phenoxy) is 1. The standard InChI is InChI=1S/C13H17NO3/c1-5-10(4)11-6-12(14(15)16)8-13(7-11)17-9(2)3/h5-10H,1H2,2-4H3. The van der Waals surface area contributed by atoms with Gasteiger partial charge in [-0.2, -0.15) is 0 Å². The highest BCUT2D eigenvalue weighted by molar-refractivity contribution is 5.44. The summed E-state index contributed by atoms with van der Waals surface area (Å²) in [5.74, 6) is 0.585. The van der Waals surface area contributed by atoms with Crippen LogP contribution in [0.4, 0.5) is 5.69 Å². The van der Waals surface area contributed by atoms with Gasteiger partial charge in [-0.05, 0) is 31.4 Å². The molecule has 4 nitrogen and oxygen atoms in total. The van der Waals surface area contributed by atoms with Gasteiger partial charge in [0.2, 0.25) is 0 Å². The average molecular weight is 235 g/mol. The van der Waals surface area contributed by atoms with Crippen LogP contribution in [0.25, 0.3) is 0 Å². The van der Waals surface area contributed by atoms with E-state index in [1.54, 1.807) is 12.1 Å². The summed E-state index contributed by atoms with van der Waals surface area (Å²) in [6, 6.07) is 4.82. The topological polar surface area (TPSA) is 52.4 Å². The molecular formula is C13H17NO3. The van der Waals surface area contributed by atoms with E-state index < -0.39 is 4.92 Å². The molecule has 92 valence electrons. The molecule has 0 radical (unpaired) electrons. The van der Waals surface area contributed by atoms with E-state index in [1.807, 2.05) is 26.8 Å². The van der Waals surface area contributed by atoms with E-state index >= 15 is 0 Å². The number of non-ortho nitro benzene ring substituents is 1. The van der Waals surface area contributed by atoms with E-state index in [0.29, 0.717) is 5.75 Å². The maximum absolute atomic E-state index is 10.8. The second-order valence-electron chi connectivity index (χ2n) is 4.21. The lowest BCUT2D eigenvalue weighted by molar-refractivity contribution is -0.385. The number of hydrogen-bond donors (Lipinski definition) is 0. The van der Waals surface area contributed by atoms with Crippen molar-refractivity contribution >= 4 is 5.69 Å². The number of hydrogen-bond acceptors (Lipinski definition) is 3. The molecule has 4 heteroatoms. The van der Waals surface area contributed by atoms with Crippen molar-refractivity contribution in [1.29, 1.82) is 0 Å². The van der Waals surface area contributed by atoms with Gasteiger partial charge in [-0.15, -0.1) is 6.58 Å². The first-order valence-corrected chi connectivity index (χ1v) is 5.52. The fraction of sp³-hybridized carbons (Fsp3) is 0.385. The summed E-state index contributed by atoms with van der Waals surface area (Å²) in [6.45, 7) is 9.40. The van der Waals surface area contributed by atoms with E-state index in [4.69, 9.17) is 4.74 Å². The van der Waals surface area contributed by atoms with Gasteiger partial charge in [0.05, 0.1) is 17.1 Å². The van der Waals surface area contributed by atoms with Crippen LogP contribution in [0.3, 0.4) is 0 Å². The van der Waals surface area contributed by atoms with Crippen LogP contribution in [0.5, 0.6) is 5.75 Å². The first-order valence-electron chi connectivity index (χ1n) is 5.52. The van der Waals surface area contributed by atoms with Crippen molar-refractivity contribution in [2.24, 2.45) is 0 Å². The molecule has 0 bridgehead atoms. The van der Waals surface area contributed by atoms with Gasteiger partial charge >= 0.3 is 0 Å². The first kappa shape index (κ1) is 13.2. The summed E-state index contributed by atoms with van der Waals surface area (Å²) in [7, 11) is 0. The molecule has 1 unspecified atom stereocenters. The molecule has 0 amide bonds. The molecule has 0 heterocycles. The predicted octanol–water partition coefficient (Wildman–Crippen LogP) is 3.67. The predicted molar refractivity (Wildman–Crippen MR) is 67.5 cm³/mol. The Hall–Kier alpha value is -1.84. The van der Waals surface area contributed by atoms with Crippen LogP contribution in [0.2, 0.25) is 0 Å². The van der Waals surface area contributed by atoms with Crippen LogP contribution in [-0.2, 0) is 0 Å². The SMILES string of the molecule is C=CC(C)c1cc(OC(C)C)cc([N+](=O)[O-])c1. The maximum atomic E-state index is 10.8. The van der Waals surface area contributed by atoms with Gasteiger partial charge in [-0.1, -0.05) is 13.0 Å². The van der Waals surface area contributed by atoms with Crippen LogP contribution in [0, 0.1) is 10.1 Å². The summed E-state index contributed by atoms with van der Waals surface area (Å²) in [5, 5.41) is 10.8. The lowest BCUT2D eigenvalue weighted by atomic mass is 10.0. The maximum Gasteiger partial charge on any atom is 0.273 e. The summed E-state index contributed by atoms with van der Waals surface area (Å²) in [4.78, 5) is 10.4. The van der Waals surface area contributed by atoms with Crippen molar-refractivity contribution in [2.75, 3.05) is 0 Å². The molecule has 1 aromatic carbocycles. The third kappa shape index (κ3) is 3.59. The third-order valence-electron chi connectivity index (χ3n) is 2.38. The van der Waals surface area contributed by atoms with Crippen LogP contribution in [0.1, 0.15) is 32.3 Å². The van der Waals surface area contributed by atoms with Crippen molar-refractivity contribution in [1.82, 2.24) is 0 Å². The minimum atomic E-state index is -0.410. The summed E-state index contributed by atoms with van der Waals surface area (Å²) in [6.07, 6.45) is 1.74. The molecule has 0 aliphatic heterocycles. The molecule has 0 spiro atoms. The van der Waals surface area contributed by atoms with E-state index in [2.05, 4.69) is 6.58 Å². The second kappa shape index (κ2) is 5.48. The van der Waals surface area contributed by atoms with Crippen LogP contribution in [-0.4, -0.2) is 11.0 Å². The van der Waals surface area contributed by atoms with Crippen molar-refractivity contribution in [3.05, 3.63) is 46.5 Å². The van der Waals surface area contributed by atoms with Gasteiger partial charge < -0.3 is 4.74 Å². The molecule has 1 atom stereocenters. The van der Waals surface area contributed by atoms with Gasteiger partial charge in [0.25, 0.3) is 5.69 Å². The lowest BCUT2D eigenvalue weighted by Crippen LogP contribution is -2.06. The quantitative estimate of drug-likeness (QED) is 0.444. The number of nitro groups is 1. The van der Waals surface area contributed by atoms with E-state index in [1.165, 1.54) is 6.07 Å². The minimum absolute atomic E-state index is 0.0103. The molecule has 1 aromatic rings. The molecule has 0 saturated heterocycles. The Morgan fingerprint density at radius 2 is 2.00 bits per heavy atom. The van der Waals surface area contributed by atoms with E-state index in [0.717, 1.165) is 5.56 Å². The number of rotatable bonds is 5. The van der Waals surface area contributed by atoms with Crippen LogP contribution in [0.15, 0.2) is 30.9 Å². The highest BCUT2D eigenvalue weighted by Crippen LogP contribution is 2.28. The van der Waals surface area contributed by atoms with Gasteiger partial charge in [-0.25, -0.2) is 0 Å². The summed E-state index contributed by atoms with van der Waals surface area (Å²) >= 11 is 0. The summed E-state index contributed by atoms with van der Waals surface area (Å²) < 4.78 is 5.50. The van der Waals surface area contributed by atoms with Crippen molar-refractivity contribution in [3.8, 4) is 5.75 Å². The van der Waals surface area contributed by atoms with Crippen molar-refractivity contribution in [2.45, 2.75) is 32.8 Å². The number of allylic oxidation sites excluding steroid dienone is 1. The fourth-order valence-electron chi connectivity index (χ4n) is 1.45. The third-order valence-corrected chi connectivity index (χ3v) is 2.38. The smallest absolute Gasteiger partial charge is 0.273 e. The van der Waals surface area contributed by atoms with Crippen molar-refractivity contribution < 1.29 is 9.66 Å². The van der Waals surface area contributed by atoms with Gasteiger partial charge in [-0.3, -0.25) is 10.1 Å². The molecule has 0 aromatic heterocycles. The Kier molecular flexibility index (Phi) is 4.26. The van der Waals surface area contributed by atoms with Gasteiger partial charge in [0.15, 0.2) is 0 Å². The fourth-order valence-corrected chi connectivity index (χ4v) is 1.45. The Morgan fingerprint density at radius 1 is 1.35 bits per heavy atom. The zero-order valence-electron chi connectivity index (χ0n) is 10.3. The minimum Gasteiger partial charge on any atom is -0.491 e. The average Bonchev–Trinajstić information content (AvgIpc) is 2.26.